The first-order valence-corrected chi connectivity index (χ1v) is 5.18. The Morgan fingerprint density at radius 2 is 1.93 bits per heavy atom. The van der Waals surface area contributed by atoms with Gasteiger partial charge in [-0.1, -0.05) is 0 Å². The van der Waals surface area contributed by atoms with Gasteiger partial charge in [0.2, 0.25) is 5.91 Å². The summed E-state index contributed by atoms with van der Waals surface area (Å²) in [7, 11) is 0. The van der Waals surface area contributed by atoms with Crippen LogP contribution < -0.4 is 5.73 Å². The van der Waals surface area contributed by atoms with Gasteiger partial charge >= 0.3 is 5.97 Å². The highest BCUT2D eigenvalue weighted by molar-refractivity contribution is 5.82. The molecule has 3 N–H and O–H groups in total. The Kier molecular flexibility index (Phi) is 5.93. The SMILES string of the molecule is CCN(C(=O)C(N)CCC(=O)O)C(C)C. The number of carboxylic acids is 1. The molecule has 0 aromatic rings. The maximum absolute atomic E-state index is 11.7. The van der Waals surface area contributed by atoms with E-state index in [9.17, 15) is 9.59 Å². The number of hydrogen-bond donors (Lipinski definition) is 2. The molecule has 5 nitrogen and oxygen atoms in total. The van der Waals surface area contributed by atoms with Crippen LogP contribution in [0.5, 0.6) is 0 Å². The van der Waals surface area contributed by atoms with Crippen LogP contribution in [-0.2, 0) is 9.59 Å². The van der Waals surface area contributed by atoms with Crippen molar-refractivity contribution in [1.82, 2.24) is 4.90 Å². The van der Waals surface area contributed by atoms with Crippen molar-refractivity contribution in [3.63, 3.8) is 0 Å². The number of likely N-dealkylation sites (N-methyl/N-ethyl adjacent to an activating group) is 1. The predicted octanol–water partition coefficient (Wildman–Crippen LogP) is 0.435. The maximum atomic E-state index is 11.7. The zero-order chi connectivity index (χ0) is 12.0. The lowest BCUT2D eigenvalue weighted by Gasteiger charge is -2.27. The van der Waals surface area contributed by atoms with Gasteiger partial charge in [-0.2, -0.15) is 0 Å². The number of amides is 1. The molecule has 0 spiro atoms. The predicted molar refractivity (Wildman–Crippen MR) is 57.4 cm³/mol. The molecular formula is C10H20N2O3. The first-order chi connectivity index (χ1) is 6.90. The number of aliphatic carboxylic acids is 1. The zero-order valence-electron chi connectivity index (χ0n) is 9.56. The molecule has 0 fully saturated rings. The number of carboxylic acid groups (broad SMARTS) is 1. The third kappa shape index (κ3) is 4.78. The fraction of sp³-hybridized carbons (Fsp3) is 0.800. The van der Waals surface area contributed by atoms with Crippen LogP contribution in [0.15, 0.2) is 0 Å². The molecule has 0 heterocycles. The Morgan fingerprint density at radius 1 is 1.40 bits per heavy atom. The van der Waals surface area contributed by atoms with Gasteiger partial charge < -0.3 is 15.7 Å². The molecule has 0 aliphatic carbocycles. The Labute approximate surface area is 90.2 Å². The zero-order valence-corrected chi connectivity index (χ0v) is 9.56. The normalized spacial score (nSPS) is 12.6. The van der Waals surface area contributed by atoms with E-state index in [1.165, 1.54) is 0 Å². The second-order valence-corrected chi connectivity index (χ2v) is 3.76. The second-order valence-electron chi connectivity index (χ2n) is 3.76. The molecule has 0 saturated carbocycles. The number of carbonyl (C=O) groups is 2. The summed E-state index contributed by atoms with van der Waals surface area (Å²) in [6, 6.07) is -0.609. The van der Waals surface area contributed by atoms with Crippen molar-refractivity contribution in [3.8, 4) is 0 Å². The van der Waals surface area contributed by atoms with Crippen LogP contribution in [0, 0.1) is 0 Å². The lowest BCUT2D eigenvalue weighted by atomic mass is 10.1. The van der Waals surface area contributed by atoms with Crippen LogP contribution in [0.2, 0.25) is 0 Å². The van der Waals surface area contributed by atoms with Gasteiger partial charge in [-0.15, -0.1) is 0 Å². The highest BCUT2D eigenvalue weighted by atomic mass is 16.4. The van der Waals surface area contributed by atoms with Crippen molar-refractivity contribution in [3.05, 3.63) is 0 Å². The van der Waals surface area contributed by atoms with E-state index < -0.39 is 12.0 Å². The molecule has 1 atom stereocenters. The van der Waals surface area contributed by atoms with Gasteiger partial charge in [0.05, 0.1) is 6.04 Å². The first kappa shape index (κ1) is 13.9. The molecule has 0 aromatic carbocycles. The summed E-state index contributed by atoms with van der Waals surface area (Å²) in [5, 5.41) is 8.47. The Balaban J connectivity index is 4.22. The van der Waals surface area contributed by atoms with Gasteiger partial charge in [-0.05, 0) is 27.2 Å². The van der Waals surface area contributed by atoms with Crippen LogP contribution in [-0.4, -0.2) is 40.5 Å². The van der Waals surface area contributed by atoms with Gasteiger partial charge in [-0.3, -0.25) is 9.59 Å². The summed E-state index contributed by atoms with van der Waals surface area (Å²) in [5.74, 6) is -1.10. The van der Waals surface area contributed by atoms with Crippen LogP contribution in [0.3, 0.4) is 0 Å². The minimum Gasteiger partial charge on any atom is -0.481 e. The molecule has 15 heavy (non-hydrogen) atoms. The largest absolute Gasteiger partial charge is 0.481 e. The van der Waals surface area contributed by atoms with Crippen molar-refractivity contribution < 1.29 is 14.7 Å². The summed E-state index contributed by atoms with van der Waals surface area (Å²) < 4.78 is 0. The molecule has 1 unspecified atom stereocenters. The molecule has 0 saturated heterocycles. The smallest absolute Gasteiger partial charge is 0.303 e. The van der Waals surface area contributed by atoms with E-state index in [0.717, 1.165) is 0 Å². The molecule has 0 radical (unpaired) electrons. The molecule has 0 aromatic heterocycles. The van der Waals surface area contributed by atoms with Crippen molar-refractivity contribution in [2.24, 2.45) is 5.73 Å². The highest BCUT2D eigenvalue weighted by Crippen LogP contribution is 2.04. The monoisotopic (exact) mass is 216 g/mol. The van der Waals surface area contributed by atoms with Crippen LogP contribution >= 0.6 is 0 Å². The molecule has 1 amide bonds. The Morgan fingerprint density at radius 3 is 2.27 bits per heavy atom. The van der Waals surface area contributed by atoms with Crippen molar-refractivity contribution >= 4 is 11.9 Å². The standard InChI is InChI=1S/C10H20N2O3/c1-4-12(7(2)3)10(15)8(11)5-6-9(13)14/h7-8H,4-6,11H2,1-3H3,(H,13,14). The Bertz CT molecular complexity index is 229. The summed E-state index contributed by atoms with van der Waals surface area (Å²) in [4.78, 5) is 23.7. The molecule has 88 valence electrons. The minimum atomic E-state index is -0.925. The van der Waals surface area contributed by atoms with Gasteiger partial charge in [-0.25, -0.2) is 0 Å². The molecule has 5 heteroatoms. The number of rotatable bonds is 6. The van der Waals surface area contributed by atoms with E-state index in [1.54, 1.807) is 4.90 Å². The van der Waals surface area contributed by atoms with E-state index in [0.29, 0.717) is 6.54 Å². The van der Waals surface area contributed by atoms with Crippen LogP contribution in [0.4, 0.5) is 0 Å². The van der Waals surface area contributed by atoms with Crippen molar-refractivity contribution in [1.29, 1.82) is 0 Å². The third-order valence-corrected chi connectivity index (χ3v) is 2.23. The van der Waals surface area contributed by atoms with Gasteiger partial charge in [0.15, 0.2) is 0 Å². The van der Waals surface area contributed by atoms with E-state index in [-0.39, 0.29) is 24.8 Å². The van der Waals surface area contributed by atoms with Gasteiger partial charge in [0.1, 0.15) is 0 Å². The number of nitrogens with two attached hydrogens (primary N) is 1. The van der Waals surface area contributed by atoms with E-state index >= 15 is 0 Å². The molecule has 0 aliphatic heterocycles. The second kappa shape index (κ2) is 6.40. The van der Waals surface area contributed by atoms with Gasteiger partial charge in [0, 0.05) is 19.0 Å². The third-order valence-electron chi connectivity index (χ3n) is 2.23. The minimum absolute atomic E-state index is 0.0669. The van der Waals surface area contributed by atoms with Crippen molar-refractivity contribution in [2.45, 2.75) is 45.7 Å². The fourth-order valence-electron chi connectivity index (χ4n) is 1.39. The average Bonchev–Trinajstić information content (AvgIpc) is 2.14. The molecule has 0 rings (SSSR count). The maximum Gasteiger partial charge on any atom is 0.303 e. The summed E-state index contributed by atoms with van der Waals surface area (Å²) in [6.07, 6.45) is 0.125. The summed E-state index contributed by atoms with van der Waals surface area (Å²) in [6.45, 7) is 6.29. The van der Waals surface area contributed by atoms with Crippen LogP contribution in [0.1, 0.15) is 33.6 Å². The first-order valence-electron chi connectivity index (χ1n) is 5.18. The number of hydrogen-bond acceptors (Lipinski definition) is 3. The topological polar surface area (TPSA) is 83.6 Å². The van der Waals surface area contributed by atoms with Crippen molar-refractivity contribution in [2.75, 3.05) is 6.54 Å². The lowest BCUT2D eigenvalue weighted by Crippen LogP contribution is -2.46. The van der Waals surface area contributed by atoms with E-state index in [1.807, 2.05) is 20.8 Å². The summed E-state index contributed by atoms with van der Waals surface area (Å²) >= 11 is 0. The number of carbonyl (C=O) groups excluding carboxylic acids is 1. The van der Waals surface area contributed by atoms with Crippen LogP contribution in [0.25, 0.3) is 0 Å². The lowest BCUT2D eigenvalue weighted by molar-refractivity contribution is -0.138. The fourth-order valence-corrected chi connectivity index (χ4v) is 1.39. The van der Waals surface area contributed by atoms with Gasteiger partial charge in [0.25, 0.3) is 0 Å². The summed E-state index contributed by atoms with van der Waals surface area (Å²) in [5.41, 5.74) is 5.63. The number of nitrogens with zero attached hydrogens (tertiary/aromatic N) is 1. The van der Waals surface area contributed by atoms with E-state index in [4.69, 9.17) is 10.8 Å². The highest BCUT2D eigenvalue weighted by Gasteiger charge is 2.22. The molecule has 0 aliphatic rings. The Hall–Kier alpha value is -1.10. The molecular weight excluding hydrogens is 196 g/mol. The molecule has 0 bridgehead atoms. The van der Waals surface area contributed by atoms with E-state index in [2.05, 4.69) is 0 Å². The average molecular weight is 216 g/mol. The quantitative estimate of drug-likeness (QED) is 0.674.